The van der Waals surface area contributed by atoms with Crippen molar-refractivity contribution in [3.8, 4) is 0 Å². The van der Waals surface area contributed by atoms with Gasteiger partial charge in [-0.05, 0) is 6.42 Å². The average molecular weight is 237 g/mol. The smallest absolute Gasteiger partial charge is 0.394 e. The van der Waals surface area contributed by atoms with Crippen LogP contribution in [0.4, 0.5) is 13.2 Å². The minimum atomic E-state index is -4.42. The lowest BCUT2D eigenvalue weighted by molar-refractivity contribution is -0.137. The Bertz CT molecular complexity index is 337. The summed E-state index contributed by atoms with van der Waals surface area (Å²) in [6.07, 6.45) is -2.29. The first kappa shape index (κ1) is 13.0. The van der Waals surface area contributed by atoms with Gasteiger partial charge in [0, 0.05) is 12.2 Å². The molecule has 4 nitrogen and oxygen atoms in total. The number of halogens is 3. The van der Waals surface area contributed by atoms with Crippen molar-refractivity contribution in [1.82, 2.24) is 9.78 Å². The quantitative estimate of drug-likeness (QED) is 0.826. The Hall–Kier alpha value is -1.08. The van der Waals surface area contributed by atoms with Gasteiger partial charge in [0.05, 0.1) is 24.4 Å². The van der Waals surface area contributed by atoms with E-state index in [0.717, 1.165) is 17.1 Å². The molecule has 0 radical (unpaired) electrons. The van der Waals surface area contributed by atoms with Gasteiger partial charge in [-0.3, -0.25) is 4.68 Å². The van der Waals surface area contributed by atoms with Gasteiger partial charge in [-0.2, -0.15) is 18.3 Å². The molecule has 0 fully saturated rings. The molecular weight excluding hydrogens is 223 g/mol. The minimum absolute atomic E-state index is 0.339. The van der Waals surface area contributed by atoms with Crippen molar-refractivity contribution in [2.75, 3.05) is 6.61 Å². The van der Waals surface area contributed by atoms with Crippen LogP contribution in [-0.2, 0) is 6.18 Å². The summed E-state index contributed by atoms with van der Waals surface area (Å²) in [5.41, 5.74) is 4.84. The maximum Gasteiger partial charge on any atom is 0.419 e. The zero-order chi connectivity index (χ0) is 12.3. The molecule has 1 aromatic rings. The van der Waals surface area contributed by atoms with E-state index in [0.29, 0.717) is 6.42 Å². The fourth-order valence-electron chi connectivity index (χ4n) is 1.35. The number of aliphatic hydroxyl groups is 1. The van der Waals surface area contributed by atoms with Gasteiger partial charge in [0.25, 0.3) is 0 Å². The molecule has 0 bridgehead atoms. The summed E-state index contributed by atoms with van der Waals surface area (Å²) in [5.74, 6) is 0. The third kappa shape index (κ3) is 2.73. The van der Waals surface area contributed by atoms with E-state index in [1.54, 1.807) is 6.92 Å². The molecule has 0 amide bonds. The van der Waals surface area contributed by atoms with Crippen LogP contribution in [0.15, 0.2) is 12.4 Å². The molecule has 0 aliphatic carbocycles. The summed E-state index contributed by atoms with van der Waals surface area (Å²) in [6, 6.07) is -1.05. The Morgan fingerprint density at radius 1 is 1.56 bits per heavy atom. The second kappa shape index (κ2) is 4.84. The fourth-order valence-corrected chi connectivity index (χ4v) is 1.35. The molecule has 16 heavy (non-hydrogen) atoms. The number of hydrogen-bond donors (Lipinski definition) is 2. The lowest BCUT2D eigenvalue weighted by Gasteiger charge is -2.20. The van der Waals surface area contributed by atoms with E-state index in [1.165, 1.54) is 0 Å². The van der Waals surface area contributed by atoms with Gasteiger partial charge in [0.1, 0.15) is 0 Å². The molecule has 3 N–H and O–H groups in total. The SMILES string of the molecule is CCC(N)C(CO)n1cc(C(F)(F)F)cn1. The third-order valence-electron chi connectivity index (χ3n) is 2.42. The average Bonchev–Trinajstić information content (AvgIpc) is 2.67. The van der Waals surface area contributed by atoms with Crippen LogP contribution in [0.2, 0.25) is 0 Å². The Labute approximate surface area is 90.9 Å². The number of hydrogen-bond acceptors (Lipinski definition) is 3. The van der Waals surface area contributed by atoms with Crippen molar-refractivity contribution >= 4 is 0 Å². The highest BCUT2D eigenvalue weighted by Crippen LogP contribution is 2.29. The van der Waals surface area contributed by atoms with E-state index >= 15 is 0 Å². The van der Waals surface area contributed by atoms with E-state index in [9.17, 15) is 13.2 Å². The number of rotatable bonds is 4. The van der Waals surface area contributed by atoms with Gasteiger partial charge >= 0.3 is 6.18 Å². The molecule has 0 aromatic carbocycles. The number of nitrogens with two attached hydrogens (primary N) is 1. The highest BCUT2D eigenvalue weighted by molar-refractivity contribution is 5.09. The standard InChI is InChI=1S/C9H14F3N3O/c1-2-7(13)8(5-16)15-4-6(3-14-15)9(10,11)12/h3-4,7-8,16H,2,5,13H2,1H3. The lowest BCUT2D eigenvalue weighted by Crippen LogP contribution is -2.34. The van der Waals surface area contributed by atoms with Gasteiger partial charge in [0.2, 0.25) is 0 Å². The molecule has 0 saturated carbocycles. The molecule has 0 saturated heterocycles. The first-order chi connectivity index (χ1) is 7.40. The van der Waals surface area contributed by atoms with Crippen LogP contribution in [-0.4, -0.2) is 27.5 Å². The van der Waals surface area contributed by atoms with E-state index in [2.05, 4.69) is 5.10 Å². The van der Waals surface area contributed by atoms with E-state index in [-0.39, 0.29) is 6.61 Å². The van der Waals surface area contributed by atoms with Crippen molar-refractivity contribution in [3.63, 3.8) is 0 Å². The second-order valence-corrected chi connectivity index (χ2v) is 3.53. The van der Waals surface area contributed by atoms with Gasteiger partial charge in [-0.1, -0.05) is 6.92 Å². The maximum absolute atomic E-state index is 12.3. The first-order valence-electron chi connectivity index (χ1n) is 4.88. The summed E-state index contributed by atoms with van der Waals surface area (Å²) in [5, 5.41) is 12.7. The molecule has 2 atom stereocenters. The van der Waals surface area contributed by atoms with Crippen molar-refractivity contribution < 1.29 is 18.3 Å². The first-order valence-corrected chi connectivity index (χ1v) is 4.88. The Balaban J connectivity index is 2.91. The van der Waals surface area contributed by atoms with Crippen LogP contribution in [0.5, 0.6) is 0 Å². The Morgan fingerprint density at radius 3 is 2.56 bits per heavy atom. The molecule has 1 aromatic heterocycles. The number of aromatic nitrogens is 2. The molecule has 0 spiro atoms. The van der Waals surface area contributed by atoms with Crippen LogP contribution in [0.3, 0.4) is 0 Å². The van der Waals surface area contributed by atoms with Crippen LogP contribution < -0.4 is 5.73 Å². The predicted octanol–water partition coefficient (Wildman–Crippen LogP) is 1.17. The summed E-state index contributed by atoms with van der Waals surface area (Å²) in [7, 11) is 0. The molecular formula is C9H14F3N3O. The van der Waals surface area contributed by atoms with Crippen molar-refractivity contribution in [3.05, 3.63) is 18.0 Å². The fraction of sp³-hybridized carbons (Fsp3) is 0.667. The molecule has 1 heterocycles. The Morgan fingerprint density at radius 2 is 2.19 bits per heavy atom. The molecule has 92 valence electrons. The normalized spacial score (nSPS) is 16.1. The van der Waals surface area contributed by atoms with Crippen LogP contribution in [0.25, 0.3) is 0 Å². The number of nitrogens with zero attached hydrogens (tertiary/aromatic N) is 2. The number of alkyl halides is 3. The predicted molar refractivity (Wildman–Crippen MR) is 51.6 cm³/mol. The van der Waals surface area contributed by atoms with Crippen molar-refractivity contribution in [2.24, 2.45) is 5.73 Å². The third-order valence-corrected chi connectivity index (χ3v) is 2.42. The summed E-state index contributed by atoms with van der Waals surface area (Å²) in [6.45, 7) is 1.45. The Kier molecular flexibility index (Phi) is 3.93. The molecule has 2 unspecified atom stereocenters. The van der Waals surface area contributed by atoms with Crippen LogP contribution in [0.1, 0.15) is 24.9 Å². The minimum Gasteiger partial charge on any atom is -0.394 e. The molecule has 7 heteroatoms. The molecule has 0 aliphatic rings. The lowest BCUT2D eigenvalue weighted by atomic mass is 10.1. The van der Waals surface area contributed by atoms with Gasteiger partial charge in [-0.15, -0.1) is 0 Å². The maximum atomic E-state index is 12.3. The van der Waals surface area contributed by atoms with Crippen LogP contribution in [0, 0.1) is 0 Å². The van der Waals surface area contributed by atoms with Crippen molar-refractivity contribution in [2.45, 2.75) is 31.6 Å². The van der Waals surface area contributed by atoms with Gasteiger partial charge in [0.15, 0.2) is 0 Å². The largest absolute Gasteiger partial charge is 0.419 e. The summed E-state index contributed by atoms with van der Waals surface area (Å²) < 4.78 is 38.0. The molecule has 1 rings (SSSR count). The van der Waals surface area contributed by atoms with E-state index in [1.807, 2.05) is 0 Å². The summed E-state index contributed by atoms with van der Waals surface area (Å²) in [4.78, 5) is 0. The van der Waals surface area contributed by atoms with Crippen molar-refractivity contribution in [1.29, 1.82) is 0 Å². The van der Waals surface area contributed by atoms with E-state index < -0.39 is 23.8 Å². The zero-order valence-corrected chi connectivity index (χ0v) is 8.78. The number of aliphatic hydroxyl groups excluding tert-OH is 1. The van der Waals surface area contributed by atoms with Gasteiger partial charge in [-0.25, -0.2) is 0 Å². The highest BCUT2D eigenvalue weighted by Gasteiger charge is 2.33. The monoisotopic (exact) mass is 237 g/mol. The highest BCUT2D eigenvalue weighted by atomic mass is 19.4. The molecule has 0 aliphatic heterocycles. The summed E-state index contributed by atoms with van der Waals surface area (Å²) >= 11 is 0. The zero-order valence-electron chi connectivity index (χ0n) is 8.78. The topological polar surface area (TPSA) is 64.1 Å². The van der Waals surface area contributed by atoms with E-state index in [4.69, 9.17) is 10.8 Å². The second-order valence-electron chi connectivity index (χ2n) is 3.53. The van der Waals surface area contributed by atoms with Crippen LogP contribution >= 0.6 is 0 Å². The van der Waals surface area contributed by atoms with Gasteiger partial charge < -0.3 is 10.8 Å².